The second-order valence-electron chi connectivity index (χ2n) is 3.80. The summed E-state index contributed by atoms with van der Waals surface area (Å²) in [6, 6.07) is 3.82. The van der Waals surface area contributed by atoms with E-state index in [0.29, 0.717) is 10.8 Å². The number of aryl methyl sites for hydroxylation is 1. The van der Waals surface area contributed by atoms with Gasteiger partial charge in [0.1, 0.15) is 4.21 Å². The van der Waals surface area contributed by atoms with E-state index in [1.54, 1.807) is 10.4 Å². The normalized spacial score (nSPS) is 17.3. The standard InChI is InChI=1S/C10H15NO2S2/c1-3-11(9-5-6-9)15(12,13)10-7-4-8(2)14-10/h4,7,9H,3,5-6H2,1-2H3. The topological polar surface area (TPSA) is 37.4 Å². The molecule has 5 heteroatoms. The molecular weight excluding hydrogens is 230 g/mol. The summed E-state index contributed by atoms with van der Waals surface area (Å²) in [6.07, 6.45) is 2.02. The van der Waals surface area contributed by atoms with Crippen molar-refractivity contribution < 1.29 is 8.42 Å². The van der Waals surface area contributed by atoms with Gasteiger partial charge < -0.3 is 0 Å². The number of nitrogens with zero attached hydrogens (tertiary/aromatic N) is 1. The van der Waals surface area contributed by atoms with E-state index >= 15 is 0 Å². The van der Waals surface area contributed by atoms with Gasteiger partial charge in [0.25, 0.3) is 10.0 Å². The maximum Gasteiger partial charge on any atom is 0.252 e. The Bertz CT molecular complexity index is 446. The van der Waals surface area contributed by atoms with Gasteiger partial charge in [0.2, 0.25) is 0 Å². The maximum absolute atomic E-state index is 12.2. The van der Waals surface area contributed by atoms with Gasteiger partial charge in [-0.3, -0.25) is 0 Å². The highest BCUT2D eigenvalue weighted by molar-refractivity contribution is 7.91. The molecule has 3 nitrogen and oxygen atoms in total. The van der Waals surface area contributed by atoms with Crippen molar-refractivity contribution in [2.24, 2.45) is 0 Å². The van der Waals surface area contributed by atoms with Crippen LogP contribution in [0.2, 0.25) is 0 Å². The van der Waals surface area contributed by atoms with Crippen LogP contribution in [0.25, 0.3) is 0 Å². The first-order valence-corrected chi connectivity index (χ1v) is 7.39. The Morgan fingerprint density at radius 2 is 2.13 bits per heavy atom. The zero-order valence-corrected chi connectivity index (χ0v) is 10.6. The summed E-state index contributed by atoms with van der Waals surface area (Å²) >= 11 is 1.35. The molecular formula is C10H15NO2S2. The van der Waals surface area contributed by atoms with Gasteiger partial charge >= 0.3 is 0 Å². The quantitative estimate of drug-likeness (QED) is 0.815. The summed E-state index contributed by atoms with van der Waals surface area (Å²) in [5.74, 6) is 0. The highest BCUT2D eigenvalue weighted by Crippen LogP contribution is 2.33. The number of thiophene rings is 1. The minimum absolute atomic E-state index is 0.252. The summed E-state index contributed by atoms with van der Waals surface area (Å²) in [5, 5.41) is 0. The summed E-state index contributed by atoms with van der Waals surface area (Å²) in [5.41, 5.74) is 0. The van der Waals surface area contributed by atoms with E-state index in [9.17, 15) is 8.42 Å². The molecule has 1 aliphatic carbocycles. The lowest BCUT2D eigenvalue weighted by atomic mass is 10.5. The minimum Gasteiger partial charge on any atom is -0.206 e. The lowest BCUT2D eigenvalue weighted by Crippen LogP contribution is -2.32. The van der Waals surface area contributed by atoms with Gasteiger partial charge in [0.15, 0.2) is 0 Å². The Hall–Kier alpha value is -0.390. The molecule has 0 radical (unpaired) electrons. The monoisotopic (exact) mass is 245 g/mol. The van der Waals surface area contributed by atoms with Crippen molar-refractivity contribution in [2.75, 3.05) is 6.54 Å². The molecule has 0 saturated heterocycles. The van der Waals surface area contributed by atoms with Crippen LogP contribution >= 0.6 is 11.3 Å². The molecule has 0 unspecified atom stereocenters. The Morgan fingerprint density at radius 1 is 1.47 bits per heavy atom. The second kappa shape index (κ2) is 3.88. The van der Waals surface area contributed by atoms with Crippen LogP contribution in [0, 0.1) is 6.92 Å². The van der Waals surface area contributed by atoms with E-state index in [4.69, 9.17) is 0 Å². The van der Waals surface area contributed by atoms with E-state index in [1.807, 2.05) is 19.9 Å². The fourth-order valence-electron chi connectivity index (χ4n) is 1.65. The van der Waals surface area contributed by atoms with Gasteiger partial charge in [-0.15, -0.1) is 11.3 Å². The number of hydrogen-bond acceptors (Lipinski definition) is 3. The lowest BCUT2D eigenvalue weighted by molar-refractivity contribution is 0.422. The molecule has 84 valence electrons. The van der Waals surface area contributed by atoms with Gasteiger partial charge in [-0.1, -0.05) is 6.92 Å². The Labute approximate surface area is 94.8 Å². The molecule has 1 heterocycles. The van der Waals surface area contributed by atoms with E-state index in [1.165, 1.54) is 11.3 Å². The number of sulfonamides is 1. The summed E-state index contributed by atoms with van der Waals surface area (Å²) in [7, 11) is -3.22. The van der Waals surface area contributed by atoms with Crippen LogP contribution in [-0.4, -0.2) is 25.3 Å². The Morgan fingerprint density at radius 3 is 2.53 bits per heavy atom. The Balaban J connectivity index is 2.32. The van der Waals surface area contributed by atoms with Crippen LogP contribution in [-0.2, 0) is 10.0 Å². The van der Waals surface area contributed by atoms with Gasteiger partial charge in [0.05, 0.1) is 0 Å². The first kappa shape index (κ1) is 11.1. The fraction of sp³-hybridized carbons (Fsp3) is 0.600. The van der Waals surface area contributed by atoms with Gasteiger partial charge in [-0.25, -0.2) is 8.42 Å². The zero-order valence-electron chi connectivity index (χ0n) is 8.93. The van der Waals surface area contributed by atoms with Crippen LogP contribution in [0.3, 0.4) is 0 Å². The highest BCUT2D eigenvalue weighted by atomic mass is 32.2. The molecule has 0 aliphatic heterocycles. The van der Waals surface area contributed by atoms with Crippen molar-refractivity contribution in [3.63, 3.8) is 0 Å². The van der Waals surface area contributed by atoms with Crippen LogP contribution in [0.4, 0.5) is 0 Å². The molecule has 0 aromatic carbocycles. The van der Waals surface area contributed by atoms with Gasteiger partial charge in [-0.05, 0) is 31.9 Å². The van der Waals surface area contributed by atoms with Crippen LogP contribution < -0.4 is 0 Å². The molecule has 1 fully saturated rings. The summed E-state index contributed by atoms with van der Waals surface area (Å²) < 4.78 is 26.5. The smallest absolute Gasteiger partial charge is 0.206 e. The maximum atomic E-state index is 12.2. The van der Waals surface area contributed by atoms with Crippen molar-refractivity contribution in [3.05, 3.63) is 17.0 Å². The molecule has 15 heavy (non-hydrogen) atoms. The average Bonchev–Trinajstić information content (AvgIpc) is 2.88. The van der Waals surface area contributed by atoms with Crippen molar-refractivity contribution in [1.82, 2.24) is 4.31 Å². The second-order valence-corrected chi connectivity index (χ2v) is 7.21. The van der Waals surface area contributed by atoms with Gasteiger partial charge in [-0.2, -0.15) is 4.31 Å². The SMILES string of the molecule is CCN(C1CC1)S(=O)(=O)c1ccc(C)s1. The van der Waals surface area contributed by atoms with Crippen LogP contribution in [0.15, 0.2) is 16.3 Å². The highest BCUT2D eigenvalue weighted by Gasteiger charge is 2.37. The summed E-state index contributed by atoms with van der Waals surface area (Å²) in [6.45, 7) is 4.40. The first-order chi connectivity index (χ1) is 7.05. The van der Waals surface area contributed by atoms with Crippen LogP contribution in [0.5, 0.6) is 0 Å². The predicted molar refractivity (Wildman–Crippen MR) is 61.6 cm³/mol. The molecule has 1 aromatic heterocycles. The van der Waals surface area contributed by atoms with E-state index in [-0.39, 0.29) is 6.04 Å². The van der Waals surface area contributed by atoms with E-state index in [0.717, 1.165) is 17.7 Å². The van der Waals surface area contributed by atoms with Crippen LogP contribution in [0.1, 0.15) is 24.6 Å². The molecule has 0 bridgehead atoms. The van der Waals surface area contributed by atoms with E-state index in [2.05, 4.69) is 0 Å². The zero-order chi connectivity index (χ0) is 11.1. The molecule has 0 atom stereocenters. The molecule has 1 aromatic rings. The van der Waals surface area contributed by atoms with Crippen molar-refractivity contribution in [3.8, 4) is 0 Å². The third-order valence-corrected chi connectivity index (χ3v) is 6.04. The molecule has 0 N–H and O–H groups in total. The lowest BCUT2D eigenvalue weighted by Gasteiger charge is -2.18. The molecule has 1 saturated carbocycles. The minimum atomic E-state index is -3.22. The first-order valence-electron chi connectivity index (χ1n) is 5.14. The average molecular weight is 245 g/mol. The van der Waals surface area contributed by atoms with E-state index < -0.39 is 10.0 Å². The Kier molecular flexibility index (Phi) is 2.87. The predicted octanol–water partition coefficient (Wildman–Crippen LogP) is 2.23. The molecule has 2 rings (SSSR count). The molecule has 0 spiro atoms. The fourth-order valence-corrected chi connectivity index (χ4v) is 4.76. The molecule has 0 amide bonds. The largest absolute Gasteiger partial charge is 0.252 e. The number of rotatable bonds is 4. The third-order valence-electron chi connectivity index (χ3n) is 2.54. The molecule has 1 aliphatic rings. The van der Waals surface area contributed by atoms with Crippen molar-refractivity contribution in [1.29, 1.82) is 0 Å². The van der Waals surface area contributed by atoms with Crippen molar-refractivity contribution >= 4 is 21.4 Å². The number of hydrogen-bond donors (Lipinski definition) is 0. The third kappa shape index (κ3) is 2.09. The summed E-state index contributed by atoms with van der Waals surface area (Å²) in [4.78, 5) is 1.04. The van der Waals surface area contributed by atoms with Gasteiger partial charge in [0, 0.05) is 17.5 Å². The van der Waals surface area contributed by atoms with Crippen molar-refractivity contribution in [2.45, 2.75) is 36.9 Å².